The van der Waals surface area contributed by atoms with Crippen molar-refractivity contribution in [1.29, 1.82) is 0 Å². The Kier molecular flexibility index (Phi) is 2.02. The largest absolute Gasteiger partial charge is 0.288 e. The van der Waals surface area contributed by atoms with Crippen LogP contribution in [0.5, 0.6) is 0 Å². The fourth-order valence-electron chi connectivity index (χ4n) is 2.72. The Morgan fingerprint density at radius 3 is 1.00 bits per heavy atom. The summed E-state index contributed by atoms with van der Waals surface area (Å²) >= 11 is 0. The quantitative estimate of drug-likeness (QED) is 0.573. The normalized spacial score (nSPS) is 47.1. The topological polar surface area (TPSA) is 26.1 Å². The van der Waals surface area contributed by atoms with E-state index in [1.54, 1.807) is 0 Å². The molecule has 3 heterocycles. The summed E-state index contributed by atoms with van der Waals surface area (Å²) in [5, 5.41) is 0. The molecule has 0 bridgehead atoms. The molecule has 3 fully saturated rings. The van der Waals surface area contributed by atoms with Gasteiger partial charge in [0, 0.05) is 36.3 Å². The monoisotopic (exact) mass is 257 g/mol. The van der Waals surface area contributed by atoms with E-state index in [1.807, 2.05) is 0 Å². The van der Waals surface area contributed by atoms with Crippen molar-refractivity contribution in [2.24, 2.45) is 0 Å². The van der Waals surface area contributed by atoms with Gasteiger partial charge in [-0.25, -0.2) is 14.0 Å². The molecule has 0 aromatic carbocycles. The van der Waals surface area contributed by atoms with Crippen LogP contribution >= 0.6 is 7.59 Å². The highest BCUT2D eigenvalue weighted by Gasteiger charge is 2.71. The van der Waals surface area contributed by atoms with E-state index in [9.17, 15) is 4.57 Å². The number of nitrogens with zero attached hydrogens (tertiary/aromatic N) is 3. The molecule has 3 aliphatic heterocycles. The van der Waals surface area contributed by atoms with Crippen molar-refractivity contribution >= 4 is 7.59 Å². The molecule has 0 aromatic heterocycles. The lowest BCUT2D eigenvalue weighted by atomic mass is 10.2. The van der Waals surface area contributed by atoms with Crippen LogP contribution in [-0.2, 0) is 4.57 Å². The first-order valence-electron chi connectivity index (χ1n) is 6.46. The molecule has 0 aromatic rings. The highest BCUT2D eigenvalue weighted by Crippen LogP contribution is 2.76. The van der Waals surface area contributed by atoms with Gasteiger partial charge in [-0.3, -0.25) is 4.57 Å². The minimum absolute atomic E-state index is 0.118. The zero-order valence-corrected chi connectivity index (χ0v) is 12.7. The number of hydrogen-bond acceptors (Lipinski definition) is 1. The summed E-state index contributed by atoms with van der Waals surface area (Å²) in [5.41, 5.74) is 0.354. The van der Waals surface area contributed by atoms with E-state index in [2.05, 4.69) is 55.6 Å². The summed E-state index contributed by atoms with van der Waals surface area (Å²) in [4.78, 5) is 0. The van der Waals surface area contributed by atoms with Gasteiger partial charge in [0.25, 0.3) is 7.59 Å². The van der Waals surface area contributed by atoms with E-state index in [0.717, 1.165) is 19.6 Å². The predicted molar refractivity (Wildman–Crippen MR) is 70.0 cm³/mol. The van der Waals surface area contributed by atoms with Crippen LogP contribution < -0.4 is 0 Å². The van der Waals surface area contributed by atoms with Gasteiger partial charge in [-0.05, 0) is 41.5 Å². The molecular formula is C12H24N3OP. The second-order valence-corrected chi connectivity index (χ2v) is 10.1. The Morgan fingerprint density at radius 1 is 0.706 bits per heavy atom. The first-order chi connectivity index (χ1) is 7.52. The average Bonchev–Trinajstić information content (AvgIpc) is 3.03. The fraction of sp³-hybridized carbons (Fsp3) is 1.00. The van der Waals surface area contributed by atoms with E-state index < -0.39 is 7.59 Å². The summed E-state index contributed by atoms with van der Waals surface area (Å²) in [5.74, 6) is 0. The maximum absolute atomic E-state index is 13.5. The highest BCUT2D eigenvalue weighted by atomic mass is 31.2. The second kappa shape index (κ2) is 2.82. The van der Waals surface area contributed by atoms with Crippen LogP contribution in [0.1, 0.15) is 41.5 Å². The second-order valence-electron chi connectivity index (χ2n) is 7.62. The number of hydrogen-bond donors (Lipinski definition) is 0. The first kappa shape index (κ1) is 12.2. The van der Waals surface area contributed by atoms with Gasteiger partial charge in [-0.2, -0.15) is 0 Å². The number of rotatable bonds is 3. The summed E-state index contributed by atoms with van der Waals surface area (Å²) in [6.07, 6.45) is 0. The SMILES string of the molecule is CC1(C)CN1P(=O)(N1CC1(C)C)N1CC1(C)C. The zero-order valence-electron chi connectivity index (χ0n) is 11.8. The van der Waals surface area contributed by atoms with Gasteiger partial charge < -0.3 is 0 Å². The molecule has 4 nitrogen and oxygen atoms in total. The third kappa shape index (κ3) is 1.58. The predicted octanol–water partition coefficient (Wildman–Crippen LogP) is 2.38. The maximum Gasteiger partial charge on any atom is 0.288 e. The minimum Gasteiger partial charge on any atom is -0.270 e. The van der Waals surface area contributed by atoms with Crippen LogP contribution in [0.25, 0.3) is 0 Å². The van der Waals surface area contributed by atoms with Crippen LogP contribution in [0.2, 0.25) is 0 Å². The van der Waals surface area contributed by atoms with Crippen molar-refractivity contribution in [3.8, 4) is 0 Å². The Bertz CT molecular complexity index is 368. The molecular weight excluding hydrogens is 233 g/mol. The van der Waals surface area contributed by atoms with E-state index in [-0.39, 0.29) is 16.6 Å². The molecule has 3 saturated heterocycles. The molecule has 0 radical (unpaired) electrons. The van der Waals surface area contributed by atoms with Crippen LogP contribution in [0.15, 0.2) is 0 Å². The molecule has 3 atom stereocenters. The van der Waals surface area contributed by atoms with Gasteiger partial charge in [0.15, 0.2) is 0 Å². The minimum atomic E-state index is -2.47. The lowest BCUT2D eigenvalue weighted by Crippen LogP contribution is -2.23. The Labute approximate surface area is 104 Å². The van der Waals surface area contributed by atoms with Crippen LogP contribution in [-0.4, -0.2) is 50.3 Å². The van der Waals surface area contributed by atoms with Gasteiger partial charge in [0.2, 0.25) is 0 Å². The van der Waals surface area contributed by atoms with Crippen molar-refractivity contribution in [2.75, 3.05) is 19.6 Å². The average molecular weight is 257 g/mol. The van der Waals surface area contributed by atoms with Crippen LogP contribution in [0, 0.1) is 0 Å². The summed E-state index contributed by atoms with van der Waals surface area (Å²) < 4.78 is 20.2. The molecule has 3 unspecified atom stereocenters. The lowest BCUT2D eigenvalue weighted by molar-refractivity contribution is 0.417. The standard InChI is InChI=1S/C12H24N3OP/c1-10(2)7-13(10)17(16,14-8-11(14,3)4)15-9-12(15,5)6/h7-9H2,1-6H3. The molecule has 0 aliphatic carbocycles. The van der Waals surface area contributed by atoms with Crippen molar-refractivity contribution < 1.29 is 4.57 Å². The molecule has 3 aliphatic rings. The van der Waals surface area contributed by atoms with E-state index in [0.29, 0.717) is 0 Å². The van der Waals surface area contributed by atoms with E-state index >= 15 is 0 Å². The van der Waals surface area contributed by atoms with Gasteiger partial charge in [0.1, 0.15) is 0 Å². The lowest BCUT2D eigenvalue weighted by Gasteiger charge is -2.27. The first-order valence-corrected chi connectivity index (χ1v) is 8.03. The van der Waals surface area contributed by atoms with Crippen molar-refractivity contribution in [3.63, 3.8) is 0 Å². The summed E-state index contributed by atoms with van der Waals surface area (Å²) in [7, 11) is -2.47. The Hall–Kier alpha value is 0.110. The molecule has 0 saturated carbocycles. The van der Waals surface area contributed by atoms with Crippen molar-refractivity contribution in [3.05, 3.63) is 0 Å². The van der Waals surface area contributed by atoms with Gasteiger partial charge in [-0.1, -0.05) is 0 Å². The van der Waals surface area contributed by atoms with Crippen molar-refractivity contribution in [2.45, 2.75) is 58.2 Å². The molecule has 17 heavy (non-hydrogen) atoms. The highest BCUT2D eigenvalue weighted by molar-refractivity contribution is 7.57. The van der Waals surface area contributed by atoms with Crippen molar-refractivity contribution in [1.82, 2.24) is 14.0 Å². The third-order valence-electron chi connectivity index (χ3n) is 4.34. The summed E-state index contributed by atoms with van der Waals surface area (Å²) in [6.45, 7) is 16.0. The van der Waals surface area contributed by atoms with Crippen LogP contribution in [0.4, 0.5) is 0 Å². The molecule has 5 heteroatoms. The molecule has 0 N–H and O–H groups in total. The van der Waals surface area contributed by atoms with Gasteiger partial charge >= 0.3 is 0 Å². The molecule has 3 rings (SSSR count). The molecule has 0 amide bonds. The fourth-order valence-corrected chi connectivity index (χ4v) is 7.21. The van der Waals surface area contributed by atoms with Crippen LogP contribution in [0.3, 0.4) is 0 Å². The molecule has 98 valence electrons. The Balaban J connectivity index is 1.91. The Morgan fingerprint density at radius 2 is 0.882 bits per heavy atom. The maximum atomic E-state index is 13.5. The molecule has 0 spiro atoms. The van der Waals surface area contributed by atoms with E-state index in [1.165, 1.54) is 0 Å². The van der Waals surface area contributed by atoms with Gasteiger partial charge in [-0.15, -0.1) is 0 Å². The van der Waals surface area contributed by atoms with E-state index in [4.69, 9.17) is 0 Å². The van der Waals surface area contributed by atoms with Gasteiger partial charge in [0.05, 0.1) is 0 Å². The third-order valence-corrected chi connectivity index (χ3v) is 8.27. The summed E-state index contributed by atoms with van der Waals surface area (Å²) in [6, 6.07) is 0. The zero-order chi connectivity index (χ0) is 12.9. The smallest absolute Gasteiger partial charge is 0.270 e.